The predicted octanol–water partition coefficient (Wildman–Crippen LogP) is 1.87. The molecule has 0 N–H and O–H groups in total. The van der Waals surface area contributed by atoms with Crippen molar-refractivity contribution in [2.75, 3.05) is 19.8 Å². The Morgan fingerprint density at radius 2 is 1.76 bits per heavy atom. The molecule has 0 rings (SSSR count). The molecule has 0 bridgehead atoms. The van der Waals surface area contributed by atoms with E-state index < -0.39 is 18.0 Å². The number of rotatable bonds is 9. The molecule has 1 atom stereocenters. The van der Waals surface area contributed by atoms with Crippen LogP contribution in [-0.2, 0) is 23.7 Å². The van der Waals surface area contributed by atoms with Gasteiger partial charge in [-0.2, -0.15) is 0 Å². The third kappa shape index (κ3) is 4.85. The Balaban J connectivity index is 4.94. The highest BCUT2D eigenvalue weighted by molar-refractivity contribution is 5.81. The van der Waals surface area contributed by atoms with Crippen LogP contribution in [0.3, 0.4) is 0 Å². The molecule has 0 aliphatic rings. The number of esters is 1. The lowest BCUT2D eigenvalue weighted by molar-refractivity contribution is -0.394. The standard InChI is InChI=1S/C12H22O5/c1-6-11(13)17-12(15-8-3,16-9-4)10(5)14-7-2/h6,10H,1,7-9H2,2-5H3. The lowest BCUT2D eigenvalue weighted by Crippen LogP contribution is -2.51. The van der Waals surface area contributed by atoms with E-state index in [0.29, 0.717) is 19.8 Å². The second kappa shape index (κ2) is 8.22. The fourth-order valence-corrected chi connectivity index (χ4v) is 1.35. The third-order valence-electron chi connectivity index (χ3n) is 2.02. The van der Waals surface area contributed by atoms with Crippen molar-refractivity contribution >= 4 is 5.97 Å². The van der Waals surface area contributed by atoms with Crippen LogP contribution < -0.4 is 0 Å². The summed E-state index contributed by atoms with van der Waals surface area (Å²) < 4.78 is 21.4. The van der Waals surface area contributed by atoms with E-state index in [0.717, 1.165) is 6.08 Å². The Hall–Kier alpha value is -0.910. The summed E-state index contributed by atoms with van der Waals surface area (Å²) in [4.78, 5) is 11.3. The van der Waals surface area contributed by atoms with Crippen molar-refractivity contribution in [2.24, 2.45) is 0 Å². The number of hydrogen-bond acceptors (Lipinski definition) is 5. The topological polar surface area (TPSA) is 54.0 Å². The van der Waals surface area contributed by atoms with Crippen LogP contribution in [0.4, 0.5) is 0 Å². The Labute approximate surface area is 103 Å². The molecular weight excluding hydrogens is 224 g/mol. The molecule has 100 valence electrons. The van der Waals surface area contributed by atoms with E-state index in [1.54, 1.807) is 20.8 Å². The summed E-state index contributed by atoms with van der Waals surface area (Å²) in [7, 11) is 0. The maximum absolute atomic E-state index is 11.3. The summed E-state index contributed by atoms with van der Waals surface area (Å²) in [6.45, 7) is 11.6. The van der Waals surface area contributed by atoms with E-state index in [1.165, 1.54) is 0 Å². The molecule has 0 aromatic carbocycles. The fraction of sp³-hybridized carbons (Fsp3) is 0.750. The molecule has 0 radical (unpaired) electrons. The van der Waals surface area contributed by atoms with Crippen LogP contribution >= 0.6 is 0 Å². The summed E-state index contributed by atoms with van der Waals surface area (Å²) >= 11 is 0. The van der Waals surface area contributed by atoms with E-state index in [2.05, 4.69) is 6.58 Å². The van der Waals surface area contributed by atoms with E-state index in [1.807, 2.05) is 6.92 Å². The minimum Gasteiger partial charge on any atom is -0.402 e. The van der Waals surface area contributed by atoms with Gasteiger partial charge in [0.15, 0.2) is 0 Å². The van der Waals surface area contributed by atoms with Crippen molar-refractivity contribution in [3.8, 4) is 0 Å². The monoisotopic (exact) mass is 246 g/mol. The number of carbonyl (C=O) groups excluding carboxylic acids is 1. The molecule has 0 spiro atoms. The number of ether oxygens (including phenoxy) is 4. The average Bonchev–Trinajstić information content (AvgIpc) is 2.29. The number of carbonyl (C=O) groups is 1. The largest absolute Gasteiger partial charge is 0.402 e. The second-order valence-electron chi connectivity index (χ2n) is 3.19. The molecule has 0 aromatic heterocycles. The van der Waals surface area contributed by atoms with Crippen molar-refractivity contribution in [3.05, 3.63) is 12.7 Å². The molecule has 0 aromatic rings. The number of hydrogen-bond donors (Lipinski definition) is 0. The summed E-state index contributed by atoms with van der Waals surface area (Å²) in [6, 6.07) is 0. The fourth-order valence-electron chi connectivity index (χ4n) is 1.35. The molecule has 17 heavy (non-hydrogen) atoms. The van der Waals surface area contributed by atoms with Crippen molar-refractivity contribution in [2.45, 2.75) is 39.8 Å². The van der Waals surface area contributed by atoms with Crippen LogP contribution in [0, 0.1) is 0 Å². The van der Waals surface area contributed by atoms with E-state index >= 15 is 0 Å². The molecule has 5 heteroatoms. The van der Waals surface area contributed by atoms with E-state index in [4.69, 9.17) is 18.9 Å². The van der Waals surface area contributed by atoms with Crippen LogP contribution in [0.2, 0.25) is 0 Å². The molecule has 0 amide bonds. The summed E-state index contributed by atoms with van der Waals surface area (Å²) in [5.41, 5.74) is 0. The van der Waals surface area contributed by atoms with Gasteiger partial charge in [0.2, 0.25) is 0 Å². The van der Waals surface area contributed by atoms with Crippen LogP contribution in [0.15, 0.2) is 12.7 Å². The normalized spacial score (nSPS) is 13.2. The van der Waals surface area contributed by atoms with Gasteiger partial charge >= 0.3 is 11.9 Å². The Kier molecular flexibility index (Phi) is 7.78. The van der Waals surface area contributed by atoms with Crippen molar-refractivity contribution < 1.29 is 23.7 Å². The van der Waals surface area contributed by atoms with Crippen molar-refractivity contribution in [1.29, 1.82) is 0 Å². The first-order chi connectivity index (χ1) is 8.06. The summed E-state index contributed by atoms with van der Waals surface area (Å²) in [5, 5.41) is 0. The molecule has 1 unspecified atom stereocenters. The van der Waals surface area contributed by atoms with Crippen molar-refractivity contribution in [1.82, 2.24) is 0 Å². The van der Waals surface area contributed by atoms with Gasteiger partial charge in [0.1, 0.15) is 6.10 Å². The Morgan fingerprint density at radius 1 is 1.24 bits per heavy atom. The predicted molar refractivity (Wildman–Crippen MR) is 63.4 cm³/mol. The first-order valence-corrected chi connectivity index (χ1v) is 5.81. The van der Waals surface area contributed by atoms with E-state index in [9.17, 15) is 4.79 Å². The highest BCUT2D eigenvalue weighted by Gasteiger charge is 2.43. The molecule has 0 saturated carbocycles. The van der Waals surface area contributed by atoms with Crippen LogP contribution in [0.25, 0.3) is 0 Å². The van der Waals surface area contributed by atoms with Crippen LogP contribution in [0.1, 0.15) is 27.7 Å². The SMILES string of the molecule is C=CC(=O)OC(OCC)(OCC)C(C)OCC. The second-order valence-corrected chi connectivity index (χ2v) is 3.19. The maximum atomic E-state index is 11.3. The molecule has 0 aliphatic heterocycles. The first-order valence-electron chi connectivity index (χ1n) is 5.81. The van der Waals surface area contributed by atoms with Crippen LogP contribution in [-0.4, -0.2) is 37.9 Å². The highest BCUT2D eigenvalue weighted by atomic mass is 16.9. The summed E-state index contributed by atoms with van der Waals surface area (Å²) in [6.07, 6.45) is 0.530. The van der Waals surface area contributed by atoms with Gasteiger partial charge in [-0.25, -0.2) is 4.79 Å². The molecular formula is C12H22O5. The molecule has 5 nitrogen and oxygen atoms in total. The zero-order valence-electron chi connectivity index (χ0n) is 11.0. The molecule has 0 fully saturated rings. The van der Waals surface area contributed by atoms with Gasteiger partial charge in [-0.3, -0.25) is 0 Å². The van der Waals surface area contributed by atoms with E-state index in [-0.39, 0.29) is 0 Å². The van der Waals surface area contributed by atoms with Gasteiger partial charge in [-0.1, -0.05) is 6.58 Å². The lowest BCUT2D eigenvalue weighted by Gasteiger charge is -2.35. The highest BCUT2D eigenvalue weighted by Crippen LogP contribution is 2.23. The lowest BCUT2D eigenvalue weighted by atomic mass is 10.3. The molecule has 0 saturated heterocycles. The minimum atomic E-state index is -1.51. The zero-order valence-corrected chi connectivity index (χ0v) is 11.0. The quantitative estimate of drug-likeness (QED) is 0.353. The smallest absolute Gasteiger partial charge is 0.356 e. The van der Waals surface area contributed by atoms with Gasteiger partial charge in [0.05, 0.1) is 13.2 Å². The maximum Gasteiger partial charge on any atom is 0.356 e. The average molecular weight is 246 g/mol. The van der Waals surface area contributed by atoms with Gasteiger partial charge in [0, 0.05) is 12.7 Å². The third-order valence-corrected chi connectivity index (χ3v) is 2.02. The summed E-state index contributed by atoms with van der Waals surface area (Å²) in [5.74, 6) is -2.12. The Morgan fingerprint density at radius 3 is 2.12 bits per heavy atom. The van der Waals surface area contributed by atoms with Gasteiger partial charge in [-0.05, 0) is 27.7 Å². The van der Waals surface area contributed by atoms with Gasteiger partial charge in [0.25, 0.3) is 0 Å². The first kappa shape index (κ1) is 16.1. The van der Waals surface area contributed by atoms with Crippen molar-refractivity contribution in [3.63, 3.8) is 0 Å². The Bertz CT molecular complexity index is 233. The van der Waals surface area contributed by atoms with Crippen LogP contribution in [0.5, 0.6) is 0 Å². The molecule has 0 heterocycles. The minimum absolute atomic E-state index is 0.335. The zero-order chi connectivity index (χ0) is 13.3. The van der Waals surface area contributed by atoms with Gasteiger partial charge < -0.3 is 18.9 Å². The van der Waals surface area contributed by atoms with Gasteiger partial charge in [-0.15, -0.1) is 0 Å². The molecule has 0 aliphatic carbocycles.